The Labute approximate surface area is 201 Å². The standard InChI is InChI=1S/C24H23Cl2N3O4/c1-28-9-11-29(12-10-28)20-6-3-15(24(31)32-2)13-19(20)27-23(30)22-8-7-21(33-22)17-14-16(25)4-5-18(17)26/h3-8,13-14H,9-12H2,1-2H3,(H,27,30). The van der Waals surface area contributed by atoms with Gasteiger partial charge in [0.25, 0.3) is 5.91 Å². The molecule has 1 N–H and O–H groups in total. The molecule has 2 aromatic carbocycles. The summed E-state index contributed by atoms with van der Waals surface area (Å²) in [6.45, 7) is 3.40. The first-order valence-electron chi connectivity index (χ1n) is 10.4. The third kappa shape index (κ3) is 5.16. The van der Waals surface area contributed by atoms with Crippen LogP contribution in [-0.4, -0.2) is 57.1 Å². The molecule has 1 fully saturated rings. The van der Waals surface area contributed by atoms with Gasteiger partial charge in [0.15, 0.2) is 5.76 Å². The molecule has 1 amide bonds. The third-order valence-electron chi connectivity index (χ3n) is 5.53. The molecule has 9 heteroatoms. The maximum Gasteiger partial charge on any atom is 0.337 e. The Balaban J connectivity index is 1.62. The highest BCUT2D eigenvalue weighted by molar-refractivity contribution is 6.35. The molecule has 172 valence electrons. The fourth-order valence-corrected chi connectivity index (χ4v) is 4.06. The lowest BCUT2D eigenvalue weighted by molar-refractivity contribution is 0.0600. The number of ether oxygens (including phenoxy) is 1. The van der Waals surface area contributed by atoms with Gasteiger partial charge in [0.05, 0.1) is 29.1 Å². The van der Waals surface area contributed by atoms with Gasteiger partial charge in [0.1, 0.15) is 5.76 Å². The number of amides is 1. The molecule has 4 rings (SSSR count). The summed E-state index contributed by atoms with van der Waals surface area (Å²) in [4.78, 5) is 29.5. The second kappa shape index (κ2) is 9.87. The number of benzene rings is 2. The normalized spacial score (nSPS) is 14.2. The van der Waals surface area contributed by atoms with E-state index >= 15 is 0 Å². The maximum atomic E-state index is 13.0. The lowest BCUT2D eigenvalue weighted by atomic mass is 10.1. The number of anilines is 2. The molecule has 0 aliphatic carbocycles. The van der Waals surface area contributed by atoms with Crippen molar-refractivity contribution in [2.45, 2.75) is 0 Å². The third-order valence-corrected chi connectivity index (χ3v) is 6.10. The monoisotopic (exact) mass is 487 g/mol. The zero-order valence-electron chi connectivity index (χ0n) is 18.2. The summed E-state index contributed by atoms with van der Waals surface area (Å²) in [6, 6.07) is 13.4. The van der Waals surface area contributed by atoms with Crippen molar-refractivity contribution in [3.8, 4) is 11.3 Å². The van der Waals surface area contributed by atoms with Crippen molar-refractivity contribution in [3.63, 3.8) is 0 Å². The quantitative estimate of drug-likeness (QED) is 0.507. The number of nitrogens with one attached hydrogen (secondary N) is 1. The summed E-state index contributed by atoms with van der Waals surface area (Å²) in [7, 11) is 3.39. The van der Waals surface area contributed by atoms with Crippen molar-refractivity contribution in [1.29, 1.82) is 0 Å². The summed E-state index contributed by atoms with van der Waals surface area (Å²) in [5.41, 5.74) is 2.27. The van der Waals surface area contributed by atoms with E-state index in [0.717, 1.165) is 31.9 Å². The van der Waals surface area contributed by atoms with Crippen molar-refractivity contribution in [1.82, 2.24) is 4.90 Å². The highest BCUT2D eigenvalue weighted by Gasteiger charge is 2.21. The molecule has 0 spiro atoms. The van der Waals surface area contributed by atoms with Crippen molar-refractivity contribution in [3.05, 3.63) is 69.9 Å². The Morgan fingerprint density at radius 1 is 1.00 bits per heavy atom. The molecule has 1 aliphatic rings. The number of carbonyl (C=O) groups excluding carboxylic acids is 2. The Morgan fingerprint density at radius 3 is 2.48 bits per heavy atom. The van der Waals surface area contributed by atoms with Gasteiger partial charge in [-0.2, -0.15) is 0 Å². The fraction of sp³-hybridized carbons (Fsp3) is 0.250. The van der Waals surface area contributed by atoms with Crippen molar-refractivity contribution in [2.75, 3.05) is 50.6 Å². The molecule has 0 bridgehead atoms. The van der Waals surface area contributed by atoms with Gasteiger partial charge >= 0.3 is 5.97 Å². The largest absolute Gasteiger partial charge is 0.465 e. The van der Waals surface area contributed by atoms with Crippen molar-refractivity contribution in [2.24, 2.45) is 0 Å². The number of carbonyl (C=O) groups is 2. The molecule has 2 heterocycles. The molecule has 1 saturated heterocycles. The van der Waals surface area contributed by atoms with Gasteiger partial charge in [-0.15, -0.1) is 0 Å². The maximum absolute atomic E-state index is 13.0. The Bertz CT molecular complexity index is 1190. The number of esters is 1. The topological polar surface area (TPSA) is 75.0 Å². The Morgan fingerprint density at radius 2 is 1.76 bits per heavy atom. The number of nitrogens with zero attached hydrogens (tertiary/aromatic N) is 2. The van der Waals surface area contributed by atoms with Crippen LogP contribution in [0.4, 0.5) is 11.4 Å². The SMILES string of the molecule is COC(=O)c1ccc(N2CCN(C)CC2)c(NC(=O)c2ccc(-c3cc(Cl)ccc3Cl)o2)c1. The number of likely N-dealkylation sites (N-methyl/N-ethyl adjacent to an activating group) is 1. The van der Waals surface area contributed by atoms with Crippen LogP contribution in [0.2, 0.25) is 10.0 Å². The molecule has 1 aliphatic heterocycles. The Kier molecular flexibility index (Phi) is 6.93. The molecule has 0 saturated carbocycles. The summed E-state index contributed by atoms with van der Waals surface area (Å²) in [5.74, 6) is -0.396. The number of methoxy groups -OCH3 is 1. The number of furan rings is 1. The van der Waals surface area contributed by atoms with E-state index < -0.39 is 11.9 Å². The number of hydrogen-bond donors (Lipinski definition) is 1. The fourth-order valence-electron chi connectivity index (χ4n) is 3.68. The first-order valence-corrected chi connectivity index (χ1v) is 11.1. The number of piperazine rings is 1. The predicted molar refractivity (Wildman–Crippen MR) is 130 cm³/mol. The lowest BCUT2D eigenvalue weighted by Gasteiger charge is -2.35. The van der Waals surface area contributed by atoms with E-state index in [1.807, 2.05) is 6.07 Å². The van der Waals surface area contributed by atoms with Gasteiger partial charge in [-0.25, -0.2) is 4.79 Å². The first-order chi connectivity index (χ1) is 15.9. The molecule has 3 aromatic rings. The van der Waals surface area contributed by atoms with E-state index in [1.165, 1.54) is 7.11 Å². The van der Waals surface area contributed by atoms with E-state index in [9.17, 15) is 9.59 Å². The molecule has 0 unspecified atom stereocenters. The average molecular weight is 488 g/mol. The minimum atomic E-state index is -0.480. The van der Waals surface area contributed by atoms with Crippen LogP contribution in [-0.2, 0) is 4.74 Å². The number of halogens is 2. The molecule has 0 radical (unpaired) electrons. The van der Waals surface area contributed by atoms with Gasteiger partial charge in [0.2, 0.25) is 0 Å². The zero-order valence-corrected chi connectivity index (χ0v) is 19.7. The van der Waals surface area contributed by atoms with E-state index in [2.05, 4.69) is 22.2 Å². The van der Waals surface area contributed by atoms with Gasteiger partial charge < -0.3 is 24.3 Å². The Hall–Kier alpha value is -3.00. The van der Waals surface area contributed by atoms with Crippen LogP contribution >= 0.6 is 23.2 Å². The number of rotatable bonds is 5. The molecule has 0 atom stereocenters. The molecule has 33 heavy (non-hydrogen) atoms. The predicted octanol–water partition coefficient (Wildman–Crippen LogP) is 5.04. The summed E-state index contributed by atoms with van der Waals surface area (Å²) >= 11 is 12.3. The highest BCUT2D eigenvalue weighted by atomic mass is 35.5. The zero-order chi connectivity index (χ0) is 23.5. The van der Waals surface area contributed by atoms with E-state index in [0.29, 0.717) is 32.6 Å². The molecule has 1 aromatic heterocycles. The average Bonchev–Trinajstić information content (AvgIpc) is 3.31. The molecular formula is C24H23Cl2N3O4. The van der Waals surface area contributed by atoms with Crippen LogP contribution in [0.1, 0.15) is 20.9 Å². The minimum Gasteiger partial charge on any atom is -0.465 e. The van der Waals surface area contributed by atoms with Crippen LogP contribution in [0.5, 0.6) is 0 Å². The highest BCUT2D eigenvalue weighted by Crippen LogP contribution is 2.33. The van der Waals surface area contributed by atoms with Crippen molar-refractivity contribution >= 4 is 46.5 Å². The van der Waals surface area contributed by atoms with E-state index in [-0.39, 0.29) is 5.76 Å². The molecular weight excluding hydrogens is 465 g/mol. The van der Waals surface area contributed by atoms with Crippen LogP contribution < -0.4 is 10.2 Å². The second-order valence-electron chi connectivity index (χ2n) is 7.76. The van der Waals surface area contributed by atoms with Crippen LogP contribution in [0.25, 0.3) is 11.3 Å². The van der Waals surface area contributed by atoms with Crippen LogP contribution in [0.15, 0.2) is 52.9 Å². The first kappa shape index (κ1) is 23.2. The van der Waals surface area contributed by atoms with Gasteiger partial charge in [0, 0.05) is 36.8 Å². The minimum absolute atomic E-state index is 0.105. The van der Waals surface area contributed by atoms with Crippen LogP contribution in [0.3, 0.4) is 0 Å². The van der Waals surface area contributed by atoms with Gasteiger partial charge in [-0.1, -0.05) is 23.2 Å². The van der Waals surface area contributed by atoms with Gasteiger partial charge in [-0.05, 0) is 55.6 Å². The van der Waals surface area contributed by atoms with Crippen molar-refractivity contribution < 1.29 is 18.7 Å². The van der Waals surface area contributed by atoms with E-state index in [1.54, 1.807) is 42.5 Å². The lowest BCUT2D eigenvalue weighted by Crippen LogP contribution is -2.44. The van der Waals surface area contributed by atoms with E-state index in [4.69, 9.17) is 32.4 Å². The smallest absolute Gasteiger partial charge is 0.337 e. The number of hydrogen-bond acceptors (Lipinski definition) is 6. The second-order valence-corrected chi connectivity index (χ2v) is 8.60. The van der Waals surface area contributed by atoms with Gasteiger partial charge in [-0.3, -0.25) is 4.79 Å². The summed E-state index contributed by atoms with van der Waals surface area (Å²) in [5, 5.41) is 3.86. The summed E-state index contributed by atoms with van der Waals surface area (Å²) < 4.78 is 10.6. The molecule has 7 nitrogen and oxygen atoms in total. The summed E-state index contributed by atoms with van der Waals surface area (Å²) in [6.07, 6.45) is 0. The van der Waals surface area contributed by atoms with Crippen LogP contribution in [0, 0.1) is 0 Å².